The molecule has 12 heteroatoms. The Hall–Kier alpha value is -4.71. The molecule has 3 aliphatic rings. The minimum Gasteiger partial charge on any atom is -0.421 e. The predicted molar refractivity (Wildman–Crippen MR) is 157 cm³/mol. The molecule has 7 rings (SSSR count). The molecule has 0 atom stereocenters. The van der Waals surface area contributed by atoms with Gasteiger partial charge >= 0.3 is 5.97 Å². The summed E-state index contributed by atoms with van der Waals surface area (Å²) in [6.45, 7) is 8.16. The number of nitrogens with one attached hydrogen (secondary N) is 1. The summed E-state index contributed by atoms with van der Waals surface area (Å²) in [6.07, 6.45) is 4.63. The van der Waals surface area contributed by atoms with Gasteiger partial charge in [-0.15, -0.1) is 6.58 Å². The monoisotopic (exact) mass is 553 g/mol. The van der Waals surface area contributed by atoms with Crippen LogP contribution in [0.5, 0.6) is 5.75 Å². The zero-order valence-electron chi connectivity index (χ0n) is 23.1. The lowest BCUT2D eigenvalue weighted by Gasteiger charge is -2.34. The number of carbonyl (C=O) groups excluding carboxylic acids is 1. The van der Waals surface area contributed by atoms with Gasteiger partial charge in [0, 0.05) is 50.8 Å². The Kier molecular flexibility index (Phi) is 5.82. The van der Waals surface area contributed by atoms with Gasteiger partial charge in [-0.05, 0) is 56.3 Å². The molecule has 2 aliphatic heterocycles. The fourth-order valence-electron chi connectivity index (χ4n) is 5.61. The van der Waals surface area contributed by atoms with Gasteiger partial charge in [-0.1, -0.05) is 6.08 Å². The second-order valence-electron chi connectivity index (χ2n) is 10.9. The van der Waals surface area contributed by atoms with Crippen molar-refractivity contribution in [1.29, 1.82) is 0 Å². The smallest absolute Gasteiger partial charge is 0.337 e. The van der Waals surface area contributed by atoms with E-state index < -0.39 is 5.54 Å². The van der Waals surface area contributed by atoms with Crippen molar-refractivity contribution in [2.24, 2.45) is 0 Å². The number of fused-ring (bicyclic) bond motifs is 2. The van der Waals surface area contributed by atoms with Crippen molar-refractivity contribution in [2.75, 3.05) is 55.4 Å². The van der Waals surface area contributed by atoms with E-state index in [2.05, 4.69) is 45.9 Å². The largest absolute Gasteiger partial charge is 0.421 e. The van der Waals surface area contributed by atoms with Gasteiger partial charge in [-0.25, -0.2) is 24.1 Å². The van der Waals surface area contributed by atoms with Crippen LogP contribution in [0.1, 0.15) is 12.8 Å². The number of esters is 1. The first-order valence-electron chi connectivity index (χ1n) is 13.8. The molecule has 2 fully saturated rings. The van der Waals surface area contributed by atoms with Crippen molar-refractivity contribution in [3.8, 4) is 11.6 Å². The van der Waals surface area contributed by atoms with Crippen LogP contribution >= 0.6 is 0 Å². The second-order valence-corrected chi connectivity index (χ2v) is 10.9. The van der Waals surface area contributed by atoms with Crippen LogP contribution in [0.4, 0.5) is 23.1 Å². The number of anilines is 4. The molecule has 210 valence electrons. The van der Waals surface area contributed by atoms with E-state index in [9.17, 15) is 9.59 Å². The molecule has 1 spiro atoms. The summed E-state index contributed by atoms with van der Waals surface area (Å²) >= 11 is 0. The highest BCUT2D eigenvalue weighted by atomic mass is 16.5. The molecule has 12 nitrogen and oxygen atoms in total. The van der Waals surface area contributed by atoms with E-state index in [1.807, 2.05) is 24.1 Å². The molecule has 41 heavy (non-hydrogen) atoms. The molecule has 1 saturated carbocycles. The third-order valence-corrected chi connectivity index (χ3v) is 8.28. The first kappa shape index (κ1) is 25.3. The minimum atomic E-state index is -0.655. The van der Waals surface area contributed by atoms with E-state index in [0.29, 0.717) is 34.4 Å². The number of likely N-dealkylation sites (N-methyl/N-ethyl adjacent to an activating group) is 2. The van der Waals surface area contributed by atoms with E-state index in [4.69, 9.17) is 14.7 Å². The van der Waals surface area contributed by atoms with Crippen LogP contribution in [-0.2, 0) is 11.3 Å². The van der Waals surface area contributed by atoms with Gasteiger partial charge in [-0.2, -0.15) is 4.98 Å². The molecule has 4 aromatic rings. The summed E-state index contributed by atoms with van der Waals surface area (Å²) in [5.74, 6) is 1.52. The molecular formula is C29H31N9O3. The van der Waals surface area contributed by atoms with Crippen molar-refractivity contribution in [2.45, 2.75) is 24.9 Å². The molecule has 5 heterocycles. The first-order valence-corrected chi connectivity index (χ1v) is 13.8. The fourth-order valence-corrected chi connectivity index (χ4v) is 5.61. The molecule has 3 aromatic heterocycles. The van der Waals surface area contributed by atoms with E-state index in [-0.39, 0.29) is 18.1 Å². The standard InChI is InChI=1S/C29H31N9O3/c1-4-13-37-26(39)21-18-30-28(31-19-5-7-20(8-6-19)36-16-14-34(2)15-17-36)33-24(21)38(37)23-10-9-22-25(32-23)35(3)29(11-12-29)27(40)41-22/h4-10,18H,1,11-17H2,2-3H3,(H,30,31,33). The number of carbonyl (C=O) groups is 1. The lowest BCUT2D eigenvalue weighted by molar-refractivity contribution is -0.137. The molecule has 0 unspecified atom stereocenters. The molecule has 0 bridgehead atoms. The Balaban J connectivity index is 1.24. The first-order chi connectivity index (χ1) is 19.9. The van der Waals surface area contributed by atoms with E-state index >= 15 is 0 Å². The third-order valence-electron chi connectivity index (χ3n) is 8.28. The van der Waals surface area contributed by atoms with Crippen LogP contribution in [0.3, 0.4) is 0 Å². The Labute approximate surface area is 236 Å². The Morgan fingerprint density at radius 2 is 1.78 bits per heavy atom. The maximum absolute atomic E-state index is 13.4. The minimum absolute atomic E-state index is 0.249. The van der Waals surface area contributed by atoms with Gasteiger partial charge in [0.05, 0.1) is 6.54 Å². The number of ether oxygens (including phenoxy) is 1. The maximum atomic E-state index is 13.4. The van der Waals surface area contributed by atoms with Crippen molar-refractivity contribution in [3.63, 3.8) is 0 Å². The topological polar surface area (TPSA) is 114 Å². The van der Waals surface area contributed by atoms with Crippen molar-refractivity contribution >= 4 is 40.1 Å². The van der Waals surface area contributed by atoms with E-state index in [1.54, 1.807) is 22.9 Å². The zero-order chi connectivity index (χ0) is 28.3. The van der Waals surface area contributed by atoms with Crippen LogP contribution in [0, 0.1) is 0 Å². The Bertz CT molecular complexity index is 1730. The number of aromatic nitrogens is 5. The van der Waals surface area contributed by atoms with Crippen molar-refractivity contribution in [1.82, 2.24) is 29.2 Å². The molecular weight excluding hydrogens is 522 g/mol. The van der Waals surface area contributed by atoms with Crippen LogP contribution in [0.25, 0.3) is 16.9 Å². The fraction of sp³-hybridized carbons (Fsp3) is 0.345. The van der Waals surface area contributed by atoms with Crippen LogP contribution in [-0.4, -0.2) is 81.0 Å². The maximum Gasteiger partial charge on any atom is 0.337 e. The number of piperazine rings is 1. The zero-order valence-corrected chi connectivity index (χ0v) is 23.1. The van der Waals surface area contributed by atoms with Crippen molar-refractivity contribution < 1.29 is 9.53 Å². The highest BCUT2D eigenvalue weighted by Gasteiger charge is 2.58. The molecule has 1 saturated heterocycles. The number of rotatable bonds is 6. The number of allylic oxidation sites excluding steroid dienone is 1. The molecule has 0 radical (unpaired) electrons. The quantitative estimate of drug-likeness (QED) is 0.282. The number of benzene rings is 1. The summed E-state index contributed by atoms with van der Waals surface area (Å²) < 4.78 is 8.80. The number of nitrogens with zero attached hydrogens (tertiary/aromatic N) is 8. The summed E-state index contributed by atoms with van der Waals surface area (Å²) in [5.41, 5.74) is 1.52. The van der Waals surface area contributed by atoms with E-state index in [1.165, 1.54) is 16.6 Å². The average molecular weight is 554 g/mol. The molecule has 0 amide bonds. The van der Waals surface area contributed by atoms with Crippen molar-refractivity contribution in [3.05, 3.63) is 65.6 Å². The van der Waals surface area contributed by atoms with Gasteiger partial charge < -0.3 is 24.8 Å². The molecule has 1 aliphatic carbocycles. The normalized spacial score (nSPS) is 18.0. The highest BCUT2D eigenvalue weighted by molar-refractivity contribution is 5.94. The van der Waals surface area contributed by atoms with Crippen LogP contribution in [0.2, 0.25) is 0 Å². The predicted octanol–water partition coefficient (Wildman–Crippen LogP) is 2.55. The summed E-state index contributed by atoms with van der Waals surface area (Å²) in [6, 6.07) is 11.6. The van der Waals surface area contributed by atoms with Crippen LogP contribution < -0.4 is 25.4 Å². The second kappa shape index (κ2) is 9.44. The lowest BCUT2D eigenvalue weighted by Crippen LogP contribution is -2.47. The average Bonchev–Trinajstić information content (AvgIpc) is 3.74. The Morgan fingerprint density at radius 3 is 2.49 bits per heavy atom. The number of hydrogen-bond acceptors (Lipinski definition) is 10. The van der Waals surface area contributed by atoms with Gasteiger partial charge in [0.25, 0.3) is 5.56 Å². The number of hydrogen-bond donors (Lipinski definition) is 1. The van der Waals surface area contributed by atoms with Crippen LogP contribution in [0.15, 0.2) is 60.0 Å². The van der Waals surface area contributed by atoms with Gasteiger partial charge in [-0.3, -0.25) is 4.79 Å². The van der Waals surface area contributed by atoms with Gasteiger partial charge in [0.2, 0.25) is 5.95 Å². The molecule has 1 N–H and O–H groups in total. The highest BCUT2D eigenvalue weighted by Crippen LogP contribution is 2.49. The third kappa shape index (κ3) is 4.13. The summed E-state index contributed by atoms with van der Waals surface area (Å²) in [4.78, 5) is 46.5. The molecule has 1 aromatic carbocycles. The van der Waals surface area contributed by atoms with E-state index in [0.717, 1.165) is 44.7 Å². The van der Waals surface area contributed by atoms with Gasteiger partial charge in [0.15, 0.2) is 23.0 Å². The summed E-state index contributed by atoms with van der Waals surface area (Å²) in [5, 5.41) is 3.64. The summed E-state index contributed by atoms with van der Waals surface area (Å²) in [7, 11) is 4.00. The SMILES string of the molecule is C=CCn1c(=O)c2cnc(Nc3ccc(N4CCN(C)CC4)cc3)nc2n1-c1ccc2c(n1)N(C)C1(CC1)C(=O)O2. The number of pyridine rings is 1. The Morgan fingerprint density at radius 1 is 1.02 bits per heavy atom. The lowest BCUT2D eigenvalue weighted by atomic mass is 10.2. The van der Waals surface area contributed by atoms with Gasteiger partial charge in [0.1, 0.15) is 10.9 Å².